The van der Waals surface area contributed by atoms with E-state index in [1.54, 1.807) is 12.5 Å². The molecule has 0 spiro atoms. The van der Waals surface area contributed by atoms with Crippen LogP contribution in [0.2, 0.25) is 19.6 Å². The molecule has 2 rings (SSSR count). The summed E-state index contributed by atoms with van der Waals surface area (Å²) >= 11 is 0. The summed E-state index contributed by atoms with van der Waals surface area (Å²) in [6.45, 7) is 10.1. The number of benzene rings is 1. The monoisotopic (exact) mass is 259 g/mol. The summed E-state index contributed by atoms with van der Waals surface area (Å²) in [5.74, 6) is 0.474. The quantitative estimate of drug-likeness (QED) is 0.469. The Hall–Kier alpha value is -1.81. The van der Waals surface area contributed by atoms with Crippen molar-refractivity contribution >= 4 is 25.5 Å². The van der Waals surface area contributed by atoms with E-state index < -0.39 is 8.32 Å². The third-order valence-electron chi connectivity index (χ3n) is 2.26. The molecule has 0 saturated carbocycles. The van der Waals surface area contributed by atoms with Gasteiger partial charge >= 0.3 is 0 Å². The summed E-state index contributed by atoms with van der Waals surface area (Å²) in [6.07, 6.45) is 3.44. The van der Waals surface area contributed by atoms with Crippen LogP contribution >= 0.6 is 0 Å². The molecular weight excluding hydrogens is 242 g/mol. The fourth-order valence-electron chi connectivity index (χ4n) is 1.59. The summed E-state index contributed by atoms with van der Waals surface area (Å²) in [6, 6.07) is 7.83. The van der Waals surface area contributed by atoms with Gasteiger partial charge in [0, 0.05) is 11.6 Å². The van der Waals surface area contributed by atoms with Gasteiger partial charge < -0.3 is 8.84 Å². The third kappa shape index (κ3) is 3.34. The normalized spacial score (nSPS) is 12.2. The van der Waals surface area contributed by atoms with Crippen LogP contribution < -0.4 is 0 Å². The predicted molar refractivity (Wildman–Crippen MR) is 77.4 cm³/mol. The molecule has 0 N–H and O–H groups in total. The van der Waals surface area contributed by atoms with Crippen molar-refractivity contribution < 1.29 is 8.84 Å². The van der Waals surface area contributed by atoms with Crippen LogP contribution in [0.3, 0.4) is 0 Å². The number of hydrogen-bond acceptors (Lipinski definition) is 3. The molecule has 0 aliphatic heterocycles. The van der Waals surface area contributed by atoms with Gasteiger partial charge in [-0.3, -0.25) is 0 Å². The van der Waals surface area contributed by atoms with Gasteiger partial charge in [-0.2, -0.15) is 0 Å². The maximum atomic E-state index is 5.66. The fourth-order valence-corrected chi connectivity index (χ4v) is 2.35. The highest BCUT2D eigenvalue weighted by molar-refractivity contribution is 6.70. The molecule has 3 nitrogen and oxygen atoms in total. The minimum Gasteiger partial charge on any atom is -0.532 e. The lowest BCUT2D eigenvalue weighted by molar-refractivity contribution is 0.421. The van der Waals surface area contributed by atoms with E-state index in [-0.39, 0.29) is 0 Å². The van der Waals surface area contributed by atoms with Gasteiger partial charge in [0.2, 0.25) is 8.32 Å². The molecule has 0 aliphatic rings. The summed E-state index contributed by atoms with van der Waals surface area (Å²) in [7, 11) is -1.62. The Morgan fingerprint density at radius 2 is 2.11 bits per heavy atom. The smallest absolute Gasteiger partial charge is 0.244 e. The lowest BCUT2D eigenvalue weighted by atomic mass is 10.2. The SMILES string of the molecule is C=C(/N=C/c1ccc2occc2c1)O[Si](C)(C)C. The summed E-state index contributed by atoms with van der Waals surface area (Å²) in [5, 5.41) is 1.07. The molecular formula is C14H17NO2Si. The zero-order valence-electron chi connectivity index (χ0n) is 10.9. The molecule has 0 atom stereocenters. The van der Waals surface area contributed by atoms with Crippen LogP contribution in [0, 0.1) is 0 Å². The van der Waals surface area contributed by atoms with Crippen molar-refractivity contribution in [3.63, 3.8) is 0 Å². The van der Waals surface area contributed by atoms with E-state index in [2.05, 4.69) is 31.2 Å². The van der Waals surface area contributed by atoms with Crippen molar-refractivity contribution in [3.05, 3.63) is 48.6 Å². The van der Waals surface area contributed by atoms with E-state index in [1.165, 1.54) is 0 Å². The Kier molecular flexibility index (Phi) is 3.38. The lowest BCUT2D eigenvalue weighted by Gasteiger charge is -2.17. The van der Waals surface area contributed by atoms with Gasteiger partial charge in [0.25, 0.3) is 0 Å². The minimum absolute atomic E-state index is 0.474. The largest absolute Gasteiger partial charge is 0.532 e. The first kappa shape index (κ1) is 12.6. The predicted octanol–water partition coefficient (Wildman–Crippen LogP) is 4.17. The van der Waals surface area contributed by atoms with Crippen LogP contribution in [0.5, 0.6) is 0 Å². The van der Waals surface area contributed by atoms with Crippen LogP contribution in [0.1, 0.15) is 5.56 Å². The molecule has 94 valence electrons. The second-order valence-corrected chi connectivity index (χ2v) is 9.51. The zero-order valence-corrected chi connectivity index (χ0v) is 11.9. The van der Waals surface area contributed by atoms with Crippen LogP contribution in [0.15, 0.2) is 52.4 Å². The summed E-state index contributed by atoms with van der Waals surface area (Å²) in [4.78, 5) is 4.23. The molecule has 1 heterocycles. The van der Waals surface area contributed by atoms with E-state index >= 15 is 0 Å². The van der Waals surface area contributed by atoms with Crippen LogP contribution in [-0.4, -0.2) is 14.5 Å². The van der Waals surface area contributed by atoms with E-state index in [9.17, 15) is 0 Å². The van der Waals surface area contributed by atoms with Crippen molar-refractivity contribution in [2.45, 2.75) is 19.6 Å². The van der Waals surface area contributed by atoms with Crippen molar-refractivity contribution in [2.24, 2.45) is 4.99 Å². The van der Waals surface area contributed by atoms with Gasteiger partial charge in [-0.05, 0) is 56.0 Å². The second kappa shape index (κ2) is 4.82. The van der Waals surface area contributed by atoms with E-state index in [4.69, 9.17) is 8.84 Å². The number of furan rings is 1. The number of hydrogen-bond donors (Lipinski definition) is 0. The first-order valence-electron chi connectivity index (χ1n) is 5.83. The molecule has 0 radical (unpaired) electrons. The Morgan fingerprint density at radius 3 is 2.83 bits per heavy atom. The lowest BCUT2D eigenvalue weighted by Crippen LogP contribution is -2.24. The van der Waals surface area contributed by atoms with Crippen LogP contribution in [-0.2, 0) is 4.43 Å². The number of fused-ring (bicyclic) bond motifs is 1. The summed E-state index contributed by atoms with van der Waals surface area (Å²) < 4.78 is 10.9. The fraction of sp³-hybridized carbons (Fsp3) is 0.214. The average Bonchev–Trinajstić information content (AvgIpc) is 2.71. The average molecular weight is 259 g/mol. The highest BCUT2D eigenvalue weighted by atomic mass is 28.4. The molecule has 2 aromatic rings. The van der Waals surface area contributed by atoms with Crippen LogP contribution in [0.4, 0.5) is 0 Å². The van der Waals surface area contributed by atoms with Gasteiger partial charge in [0.1, 0.15) is 5.58 Å². The molecule has 0 amide bonds. The van der Waals surface area contributed by atoms with E-state index in [1.807, 2.05) is 24.3 Å². The molecule has 18 heavy (non-hydrogen) atoms. The zero-order chi connectivity index (χ0) is 13.2. The highest BCUT2D eigenvalue weighted by Gasteiger charge is 2.16. The maximum Gasteiger partial charge on any atom is 0.244 e. The summed E-state index contributed by atoms with van der Waals surface area (Å²) in [5.41, 5.74) is 1.88. The molecule has 1 aromatic carbocycles. The Bertz CT molecular complexity index is 593. The molecule has 0 fully saturated rings. The minimum atomic E-state index is -1.62. The first-order valence-corrected chi connectivity index (χ1v) is 9.24. The Morgan fingerprint density at radius 1 is 1.33 bits per heavy atom. The molecule has 1 aromatic heterocycles. The number of aliphatic imine (C=N–C) groups is 1. The standard InChI is InChI=1S/C14H17NO2Si/c1-11(17-18(2,3)4)15-10-12-5-6-14-13(9-12)7-8-16-14/h5-10H,1H2,2-4H3/b15-10+. The number of nitrogens with zero attached hydrogens (tertiary/aromatic N) is 1. The van der Waals surface area contributed by atoms with Crippen molar-refractivity contribution in [1.82, 2.24) is 0 Å². The molecule has 0 saturated heterocycles. The van der Waals surface area contributed by atoms with Crippen molar-refractivity contribution in [2.75, 3.05) is 0 Å². The van der Waals surface area contributed by atoms with Gasteiger partial charge in [0.15, 0.2) is 5.88 Å². The van der Waals surface area contributed by atoms with Crippen molar-refractivity contribution in [1.29, 1.82) is 0 Å². The Labute approximate surface area is 108 Å². The van der Waals surface area contributed by atoms with Gasteiger partial charge in [-0.15, -0.1) is 0 Å². The van der Waals surface area contributed by atoms with E-state index in [0.29, 0.717) is 5.88 Å². The van der Waals surface area contributed by atoms with Crippen LogP contribution in [0.25, 0.3) is 11.0 Å². The second-order valence-electron chi connectivity index (χ2n) is 5.08. The number of rotatable bonds is 4. The highest BCUT2D eigenvalue weighted by Crippen LogP contribution is 2.16. The Balaban J connectivity index is 2.10. The molecule has 0 unspecified atom stereocenters. The van der Waals surface area contributed by atoms with E-state index in [0.717, 1.165) is 16.5 Å². The maximum absolute atomic E-state index is 5.66. The topological polar surface area (TPSA) is 34.7 Å². The van der Waals surface area contributed by atoms with Gasteiger partial charge in [0.05, 0.1) is 6.26 Å². The van der Waals surface area contributed by atoms with Gasteiger partial charge in [-0.25, -0.2) is 4.99 Å². The first-order chi connectivity index (χ1) is 8.44. The third-order valence-corrected chi connectivity index (χ3v) is 3.11. The van der Waals surface area contributed by atoms with Gasteiger partial charge in [-0.1, -0.05) is 0 Å². The molecule has 0 bridgehead atoms. The molecule has 4 heteroatoms. The molecule has 0 aliphatic carbocycles. The van der Waals surface area contributed by atoms with Crippen molar-refractivity contribution in [3.8, 4) is 0 Å².